The quantitative estimate of drug-likeness (QED) is 0.331. The molecule has 0 aliphatic rings. The molecule has 0 fully saturated rings. The molecule has 0 saturated carbocycles. The molecule has 20 heavy (non-hydrogen) atoms. The van der Waals surface area contributed by atoms with Gasteiger partial charge in [0, 0.05) is 10.9 Å². The smallest absolute Gasteiger partial charge is 0.170 e. The van der Waals surface area contributed by atoms with Crippen LogP contribution in [0, 0.1) is 23.3 Å². The molecule has 0 unspecified atom stereocenters. The first kappa shape index (κ1) is 15.6. The first-order chi connectivity index (χ1) is 9.38. The maximum atomic E-state index is 13.9. The van der Waals surface area contributed by atoms with Gasteiger partial charge in [0.2, 0.25) is 0 Å². The van der Waals surface area contributed by atoms with Gasteiger partial charge in [0.25, 0.3) is 0 Å². The number of halogens is 7. The van der Waals surface area contributed by atoms with Gasteiger partial charge in [-0.1, -0.05) is 45.2 Å². The molecule has 2 rings (SSSR count). The molecule has 0 nitrogen and oxygen atoms in total. The Bertz CT molecular complexity index is 660. The monoisotopic (exact) mass is 386 g/mol. The molecule has 0 spiro atoms. The summed E-state index contributed by atoms with van der Waals surface area (Å²) in [6, 6.07) is 3.65. The molecule has 2 aromatic carbocycles. The Morgan fingerprint density at radius 3 is 1.85 bits per heavy atom. The lowest BCUT2D eigenvalue weighted by Crippen LogP contribution is -2.04. The molecule has 0 atom stereocenters. The molecule has 0 aliphatic heterocycles. The lowest BCUT2D eigenvalue weighted by atomic mass is 10.0. The molecule has 0 bridgehead atoms. The molecule has 0 aromatic heterocycles. The van der Waals surface area contributed by atoms with E-state index in [4.69, 9.17) is 23.2 Å². The SMILES string of the molecule is Fc1c(F)c(-c2ccc(Cl)c(Cl)c2)c(F)c(F)c1CBr. The third-order valence-corrected chi connectivity index (χ3v) is 4.00. The van der Waals surface area contributed by atoms with E-state index in [1.165, 1.54) is 12.1 Å². The fourth-order valence-electron chi connectivity index (χ4n) is 1.70. The maximum absolute atomic E-state index is 13.9. The van der Waals surface area contributed by atoms with E-state index in [0.717, 1.165) is 6.07 Å². The van der Waals surface area contributed by atoms with Crippen molar-refractivity contribution in [2.45, 2.75) is 5.33 Å². The van der Waals surface area contributed by atoms with Crippen LogP contribution in [0.5, 0.6) is 0 Å². The fourth-order valence-corrected chi connectivity index (χ4v) is 2.49. The van der Waals surface area contributed by atoms with Gasteiger partial charge in [-0.3, -0.25) is 0 Å². The summed E-state index contributed by atoms with van der Waals surface area (Å²) in [4.78, 5) is 0. The largest absolute Gasteiger partial charge is 0.203 e. The van der Waals surface area contributed by atoms with Crippen molar-refractivity contribution >= 4 is 39.1 Å². The summed E-state index contributed by atoms with van der Waals surface area (Å²) in [5.41, 5.74) is -1.62. The highest BCUT2D eigenvalue weighted by Crippen LogP contribution is 2.35. The van der Waals surface area contributed by atoms with E-state index in [9.17, 15) is 17.6 Å². The predicted octanol–water partition coefficient (Wildman–Crippen LogP) is 6.11. The Hall–Kier alpha value is -0.780. The predicted molar refractivity (Wildman–Crippen MR) is 74.4 cm³/mol. The maximum Gasteiger partial charge on any atom is 0.170 e. The zero-order valence-electron chi connectivity index (χ0n) is 9.58. The lowest BCUT2D eigenvalue weighted by Gasteiger charge is -2.11. The lowest BCUT2D eigenvalue weighted by molar-refractivity contribution is 0.448. The van der Waals surface area contributed by atoms with E-state index in [1.54, 1.807) is 0 Å². The molecule has 2 aromatic rings. The summed E-state index contributed by atoms with van der Waals surface area (Å²) in [7, 11) is 0. The van der Waals surface area contributed by atoms with Crippen LogP contribution >= 0.6 is 39.1 Å². The second kappa shape index (κ2) is 5.92. The topological polar surface area (TPSA) is 0 Å². The van der Waals surface area contributed by atoms with Gasteiger partial charge in [0.1, 0.15) is 0 Å². The third kappa shape index (κ3) is 2.54. The Labute approximate surface area is 130 Å². The summed E-state index contributed by atoms with van der Waals surface area (Å²) in [5.74, 6) is -5.84. The first-order valence-electron chi connectivity index (χ1n) is 5.24. The zero-order valence-corrected chi connectivity index (χ0v) is 12.7. The highest BCUT2D eigenvalue weighted by atomic mass is 79.9. The second-order valence-corrected chi connectivity index (χ2v) is 5.25. The number of hydrogen-bond donors (Lipinski definition) is 0. The summed E-state index contributed by atoms with van der Waals surface area (Å²) in [6.45, 7) is 0. The minimum atomic E-state index is -1.48. The Morgan fingerprint density at radius 2 is 1.40 bits per heavy atom. The number of rotatable bonds is 2. The van der Waals surface area contributed by atoms with Crippen molar-refractivity contribution in [3.63, 3.8) is 0 Å². The highest BCUT2D eigenvalue weighted by Gasteiger charge is 2.25. The van der Waals surface area contributed by atoms with Crippen LogP contribution in [0.4, 0.5) is 17.6 Å². The van der Waals surface area contributed by atoms with E-state index in [0.29, 0.717) is 0 Å². The van der Waals surface area contributed by atoms with Gasteiger partial charge < -0.3 is 0 Å². The van der Waals surface area contributed by atoms with Crippen LogP contribution in [0.25, 0.3) is 11.1 Å². The van der Waals surface area contributed by atoms with E-state index in [1.807, 2.05) is 0 Å². The van der Waals surface area contributed by atoms with Gasteiger partial charge in [-0.05, 0) is 17.7 Å². The van der Waals surface area contributed by atoms with Gasteiger partial charge in [0.05, 0.1) is 15.6 Å². The second-order valence-electron chi connectivity index (χ2n) is 3.87. The van der Waals surface area contributed by atoms with Crippen molar-refractivity contribution in [1.29, 1.82) is 0 Å². The Balaban J connectivity index is 2.77. The number of hydrogen-bond acceptors (Lipinski definition) is 0. The van der Waals surface area contributed by atoms with Crippen molar-refractivity contribution in [2.75, 3.05) is 0 Å². The van der Waals surface area contributed by atoms with Crippen LogP contribution in [0.2, 0.25) is 10.0 Å². The van der Waals surface area contributed by atoms with Crippen LogP contribution in [0.1, 0.15) is 5.56 Å². The Morgan fingerprint density at radius 1 is 0.850 bits per heavy atom. The van der Waals surface area contributed by atoms with Crippen molar-refractivity contribution in [3.8, 4) is 11.1 Å². The molecule has 0 radical (unpaired) electrons. The van der Waals surface area contributed by atoms with Crippen LogP contribution in [-0.2, 0) is 5.33 Å². The third-order valence-electron chi connectivity index (χ3n) is 2.70. The average Bonchev–Trinajstić information content (AvgIpc) is 2.41. The van der Waals surface area contributed by atoms with E-state index < -0.39 is 34.4 Å². The minimum Gasteiger partial charge on any atom is -0.203 e. The molecular weight excluding hydrogens is 383 g/mol. The van der Waals surface area contributed by atoms with Crippen molar-refractivity contribution in [3.05, 3.63) is 57.1 Å². The summed E-state index contributed by atoms with van der Waals surface area (Å²) < 4.78 is 55.3. The van der Waals surface area contributed by atoms with Crippen LogP contribution in [0.15, 0.2) is 18.2 Å². The zero-order chi connectivity index (χ0) is 15.0. The molecule has 0 aliphatic carbocycles. The standard InChI is InChI=1S/C13H5BrCl2F4/c14-4-6-10(17)12(19)9(13(20)11(6)18)5-1-2-7(15)8(16)3-5/h1-3H,4H2. The molecule has 0 saturated heterocycles. The highest BCUT2D eigenvalue weighted by molar-refractivity contribution is 9.08. The van der Waals surface area contributed by atoms with E-state index in [-0.39, 0.29) is 20.9 Å². The van der Waals surface area contributed by atoms with Crippen molar-refractivity contribution in [1.82, 2.24) is 0 Å². The van der Waals surface area contributed by atoms with E-state index in [2.05, 4.69) is 15.9 Å². The van der Waals surface area contributed by atoms with Gasteiger partial charge in [-0.25, -0.2) is 17.6 Å². The molecule has 106 valence electrons. The molecule has 0 heterocycles. The van der Waals surface area contributed by atoms with Gasteiger partial charge in [-0.15, -0.1) is 0 Å². The normalized spacial score (nSPS) is 10.9. The number of benzene rings is 2. The fraction of sp³-hybridized carbons (Fsp3) is 0.0769. The van der Waals surface area contributed by atoms with Crippen LogP contribution in [0.3, 0.4) is 0 Å². The van der Waals surface area contributed by atoms with Gasteiger partial charge in [0.15, 0.2) is 23.3 Å². The van der Waals surface area contributed by atoms with E-state index >= 15 is 0 Å². The number of alkyl halides is 1. The summed E-state index contributed by atoms with van der Waals surface area (Å²) >= 11 is 14.2. The molecular formula is C13H5BrCl2F4. The van der Waals surface area contributed by atoms with Crippen molar-refractivity contribution < 1.29 is 17.6 Å². The van der Waals surface area contributed by atoms with Crippen LogP contribution in [-0.4, -0.2) is 0 Å². The molecule has 7 heteroatoms. The first-order valence-corrected chi connectivity index (χ1v) is 7.12. The summed E-state index contributed by atoms with van der Waals surface area (Å²) in [6.07, 6.45) is 0. The molecule has 0 N–H and O–H groups in total. The van der Waals surface area contributed by atoms with Crippen LogP contribution < -0.4 is 0 Å². The average molecular weight is 388 g/mol. The summed E-state index contributed by atoms with van der Waals surface area (Å²) in [5, 5.41) is -0.164. The Kier molecular flexibility index (Phi) is 4.62. The van der Waals surface area contributed by atoms with Gasteiger partial charge >= 0.3 is 0 Å². The van der Waals surface area contributed by atoms with Gasteiger partial charge in [-0.2, -0.15) is 0 Å². The minimum absolute atomic E-state index is 0.0216. The van der Waals surface area contributed by atoms with Crippen molar-refractivity contribution in [2.24, 2.45) is 0 Å². The molecule has 0 amide bonds.